The minimum absolute atomic E-state index is 0.166. The van der Waals surface area contributed by atoms with Crippen LogP contribution < -0.4 is 0 Å². The van der Waals surface area contributed by atoms with E-state index in [2.05, 4.69) is 16.8 Å². The third-order valence-corrected chi connectivity index (χ3v) is 1.63. The standard InChI is InChI=1S/C9H9NO2S/c1-13(11)12-8-4-6-9-5-2-3-7-10-9/h2-3,5,7H,8H2,1H3. The van der Waals surface area contributed by atoms with E-state index in [0.29, 0.717) is 5.69 Å². The molecule has 0 bridgehead atoms. The second-order valence-electron chi connectivity index (χ2n) is 2.18. The predicted molar refractivity (Wildman–Crippen MR) is 51.1 cm³/mol. The molecule has 13 heavy (non-hydrogen) atoms. The summed E-state index contributed by atoms with van der Waals surface area (Å²) < 4.78 is 15.2. The topological polar surface area (TPSA) is 39.2 Å². The molecule has 0 saturated carbocycles. The van der Waals surface area contributed by atoms with Crippen molar-refractivity contribution < 1.29 is 8.39 Å². The van der Waals surface area contributed by atoms with E-state index >= 15 is 0 Å². The Labute approximate surface area is 79.8 Å². The van der Waals surface area contributed by atoms with Gasteiger partial charge in [0.2, 0.25) is 0 Å². The summed E-state index contributed by atoms with van der Waals surface area (Å²) in [5.41, 5.74) is 0.688. The molecule has 0 aromatic carbocycles. The molecule has 0 fully saturated rings. The van der Waals surface area contributed by atoms with Gasteiger partial charge in [0.15, 0.2) is 11.1 Å². The Balaban J connectivity index is 2.44. The van der Waals surface area contributed by atoms with Crippen molar-refractivity contribution in [2.75, 3.05) is 12.9 Å². The van der Waals surface area contributed by atoms with Gasteiger partial charge in [0.1, 0.15) is 12.3 Å². The van der Waals surface area contributed by atoms with Gasteiger partial charge in [-0.25, -0.2) is 9.19 Å². The Kier molecular flexibility index (Phi) is 4.16. The van der Waals surface area contributed by atoms with Crippen LogP contribution in [0.15, 0.2) is 24.4 Å². The molecule has 0 saturated heterocycles. The zero-order valence-corrected chi connectivity index (χ0v) is 8.00. The molecule has 1 heterocycles. The summed E-state index contributed by atoms with van der Waals surface area (Å²) in [6.45, 7) is 0.166. The molecule has 1 aromatic rings. The van der Waals surface area contributed by atoms with Crippen molar-refractivity contribution >= 4 is 11.1 Å². The summed E-state index contributed by atoms with van der Waals surface area (Å²) in [5, 5.41) is 0. The van der Waals surface area contributed by atoms with E-state index < -0.39 is 11.1 Å². The van der Waals surface area contributed by atoms with Crippen LogP contribution in [0.5, 0.6) is 0 Å². The quantitative estimate of drug-likeness (QED) is 0.653. The Morgan fingerprint density at radius 2 is 2.46 bits per heavy atom. The van der Waals surface area contributed by atoms with Crippen LogP contribution in [-0.2, 0) is 15.3 Å². The first-order valence-electron chi connectivity index (χ1n) is 3.65. The molecule has 0 aliphatic rings. The Morgan fingerprint density at radius 3 is 3.08 bits per heavy atom. The van der Waals surface area contributed by atoms with Gasteiger partial charge in [0.25, 0.3) is 0 Å². The SMILES string of the molecule is CS(=O)OCC#Cc1ccccn1. The number of rotatable bonds is 2. The first kappa shape index (κ1) is 9.90. The first-order chi connectivity index (χ1) is 6.29. The monoisotopic (exact) mass is 195 g/mol. The molecule has 0 aliphatic heterocycles. The van der Waals surface area contributed by atoms with Gasteiger partial charge in [-0.15, -0.1) is 0 Å². The predicted octanol–water partition coefficient (Wildman–Crippen LogP) is 0.743. The van der Waals surface area contributed by atoms with E-state index in [1.165, 1.54) is 6.26 Å². The third kappa shape index (κ3) is 4.41. The van der Waals surface area contributed by atoms with Crippen molar-refractivity contribution in [2.45, 2.75) is 0 Å². The summed E-state index contributed by atoms with van der Waals surface area (Å²) in [6, 6.07) is 5.48. The number of pyridine rings is 1. The summed E-state index contributed by atoms with van der Waals surface area (Å²) in [7, 11) is 0. The van der Waals surface area contributed by atoms with E-state index in [9.17, 15) is 4.21 Å². The molecule has 0 aliphatic carbocycles. The molecule has 1 aromatic heterocycles. The minimum Gasteiger partial charge on any atom is -0.278 e. The summed E-state index contributed by atoms with van der Waals surface area (Å²) in [6.07, 6.45) is 3.13. The van der Waals surface area contributed by atoms with Crippen LogP contribution in [0.2, 0.25) is 0 Å². The van der Waals surface area contributed by atoms with Gasteiger partial charge in [-0.1, -0.05) is 12.0 Å². The lowest BCUT2D eigenvalue weighted by Crippen LogP contribution is -1.93. The highest BCUT2D eigenvalue weighted by atomic mass is 32.2. The van der Waals surface area contributed by atoms with Crippen molar-refractivity contribution in [2.24, 2.45) is 0 Å². The van der Waals surface area contributed by atoms with Gasteiger partial charge in [0, 0.05) is 12.5 Å². The highest BCUT2D eigenvalue weighted by Gasteiger charge is 1.85. The lowest BCUT2D eigenvalue weighted by Gasteiger charge is -1.89. The molecule has 0 amide bonds. The fourth-order valence-electron chi connectivity index (χ4n) is 0.676. The van der Waals surface area contributed by atoms with Crippen LogP contribution in [0.4, 0.5) is 0 Å². The van der Waals surface area contributed by atoms with Gasteiger partial charge in [-0.05, 0) is 18.1 Å². The van der Waals surface area contributed by atoms with E-state index in [0.717, 1.165) is 0 Å². The van der Waals surface area contributed by atoms with Crippen molar-refractivity contribution in [1.29, 1.82) is 0 Å². The molecule has 1 atom stereocenters. The second kappa shape index (κ2) is 5.46. The molecule has 68 valence electrons. The zero-order valence-electron chi connectivity index (χ0n) is 7.19. The highest BCUT2D eigenvalue weighted by Crippen LogP contribution is 1.88. The highest BCUT2D eigenvalue weighted by molar-refractivity contribution is 7.79. The summed E-state index contributed by atoms with van der Waals surface area (Å²) in [4.78, 5) is 3.99. The van der Waals surface area contributed by atoms with Crippen LogP contribution in [0.1, 0.15) is 5.69 Å². The average Bonchev–Trinajstić information content (AvgIpc) is 2.14. The summed E-state index contributed by atoms with van der Waals surface area (Å²) in [5.74, 6) is 5.48. The van der Waals surface area contributed by atoms with E-state index in [1.807, 2.05) is 12.1 Å². The van der Waals surface area contributed by atoms with Crippen LogP contribution in [0, 0.1) is 11.8 Å². The maximum atomic E-state index is 10.5. The van der Waals surface area contributed by atoms with E-state index in [-0.39, 0.29) is 6.61 Å². The Bertz CT molecular complexity index is 340. The Hall–Kier alpha value is -1.18. The largest absolute Gasteiger partial charge is 0.278 e. The molecular formula is C9H9NO2S. The van der Waals surface area contributed by atoms with Crippen LogP contribution >= 0.6 is 0 Å². The van der Waals surface area contributed by atoms with Crippen molar-refractivity contribution in [3.8, 4) is 11.8 Å². The average molecular weight is 195 g/mol. The summed E-state index contributed by atoms with van der Waals surface area (Å²) >= 11 is -1.25. The molecule has 3 nitrogen and oxygen atoms in total. The fraction of sp³-hybridized carbons (Fsp3) is 0.222. The van der Waals surface area contributed by atoms with Crippen LogP contribution in [0.25, 0.3) is 0 Å². The molecule has 0 spiro atoms. The number of hydrogen-bond acceptors (Lipinski definition) is 3. The number of nitrogens with zero attached hydrogens (tertiary/aromatic N) is 1. The number of aromatic nitrogens is 1. The lowest BCUT2D eigenvalue weighted by atomic mass is 10.3. The lowest BCUT2D eigenvalue weighted by molar-refractivity contribution is 0.406. The maximum Gasteiger partial charge on any atom is 0.153 e. The normalized spacial score (nSPS) is 11.5. The minimum atomic E-state index is -1.25. The van der Waals surface area contributed by atoms with Gasteiger partial charge >= 0.3 is 0 Å². The van der Waals surface area contributed by atoms with Gasteiger partial charge in [0.05, 0.1) is 0 Å². The maximum absolute atomic E-state index is 10.5. The molecule has 0 radical (unpaired) electrons. The third-order valence-electron chi connectivity index (χ3n) is 1.18. The van der Waals surface area contributed by atoms with Crippen molar-refractivity contribution in [3.05, 3.63) is 30.1 Å². The first-order valence-corrected chi connectivity index (χ1v) is 5.14. The van der Waals surface area contributed by atoms with E-state index in [1.54, 1.807) is 12.3 Å². The van der Waals surface area contributed by atoms with Gasteiger partial charge in [-0.2, -0.15) is 0 Å². The van der Waals surface area contributed by atoms with Crippen molar-refractivity contribution in [3.63, 3.8) is 0 Å². The van der Waals surface area contributed by atoms with Gasteiger partial charge in [-0.3, -0.25) is 4.18 Å². The smallest absolute Gasteiger partial charge is 0.153 e. The molecule has 0 N–H and O–H groups in total. The molecule has 4 heteroatoms. The van der Waals surface area contributed by atoms with Crippen LogP contribution in [0.3, 0.4) is 0 Å². The molecule has 1 unspecified atom stereocenters. The van der Waals surface area contributed by atoms with Gasteiger partial charge < -0.3 is 0 Å². The van der Waals surface area contributed by atoms with E-state index in [4.69, 9.17) is 4.18 Å². The zero-order chi connectivity index (χ0) is 9.52. The molecule has 1 rings (SSSR count). The fourth-order valence-corrected chi connectivity index (χ4v) is 0.901. The Morgan fingerprint density at radius 1 is 1.62 bits per heavy atom. The van der Waals surface area contributed by atoms with Crippen LogP contribution in [-0.4, -0.2) is 22.1 Å². The second-order valence-corrected chi connectivity index (χ2v) is 3.22. The van der Waals surface area contributed by atoms with Crippen molar-refractivity contribution in [1.82, 2.24) is 4.98 Å². The number of hydrogen-bond donors (Lipinski definition) is 0. The molecular weight excluding hydrogens is 186 g/mol.